The Bertz CT molecular complexity index is 854. The molecule has 5 nitrogen and oxygen atoms in total. The highest BCUT2D eigenvalue weighted by molar-refractivity contribution is 7.89. The summed E-state index contributed by atoms with van der Waals surface area (Å²) in [7, 11) is -3.77. The molecule has 1 amide bonds. The molecule has 0 radical (unpaired) electrons. The molecule has 1 aliphatic rings. The van der Waals surface area contributed by atoms with Gasteiger partial charge in [-0.2, -0.15) is 4.31 Å². The Labute approximate surface area is 159 Å². The Balaban J connectivity index is 1.80. The summed E-state index contributed by atoms with van der Waals surface area (Å²) in [5, 5.41) is 3.20. The van der Waals surface area contributed by atoms with Gasteiger partial charge in [0.15, 0.2) is 0 Å². The van der Waals surface area contributed by atoms with Crippen molar-refractivity contribution in [3.05, 3.63) is 65.2 Å². The van der Waals surface area contributed by atoms with Crippen LogP contribution in [0.15, 0.2) is 59.5 Å². The second kappa shape index (κ2) is 8.20. The number of benzene rings is 2. The number of aryl methyl sites for hydroxylation is 1. The standard InChI is InChI=1S/C19H21ClN2O3S/c20-16-8-10-17(11-9-16)26(24,25)22(18-12-13-21-19(18)23)14-4-7-15-5-2-1-3-6-15/h1-3,5-6,8-11,18H,4,7,12-14H2,(H,21,23)/t18-/m1/s1. The lowest BCUT2D eigenvalue weighted by molar-refractivity contribution is -0.122. The monoisotopic (exact) mass is 392 g/mol. The van der Waals surface area contributed by atoms with Crippen LogP contribution in [0.25, 0.3) is 0 Å². The lowest BCUT2D eigenvalue weighted by Gasteiger charge is -2.26. The Morgan fingerprint density at radius 3 is 2.38 bits per heavy atom. The van der Waals surface area contributed by atoms with Gasteiger partial charge < -0.3 is 5.32 Å². The number of halogens is 1. The maximum Gasteiger partial charge on any atom is 0.243 e. The van der Waals surface area contributed by atoms with Gasteiger partial charge in [0.25, 0.3) is 0 Å². The van der Waals surface area contributed by atoms with Gasteiger partial charge in [-0.05, 0) is 49.1 Å². The van der Waals surface area contributed by atoms with E-state index in [1.807, 2.05) is 30.3 Å². The first-order valence-electron chi connectivity index (χ1n) is 8.57. The van der Waals surface area contributed by atoms with E-state index in [0.29, 0.717) is 24.4 Å². The second-order valence-corrected chi connectivity index (χ2v) is 8.58. The highest BCUT2D eigenvalue weighted by Crippen LogP contribution is 2.24. The van der Waals surface area contributed by atoms with Crippen molar-refractivity contribution in [3.63, 3.8) is 0 Å². The zero-order chi connectivity index (χ0) is 18.6. The average Bonchev–Trinajstić information content (AvgIpc) is 3.05. The normalized spacial score (nSPS) is 17.5. The second-order valence-electron chi connectivity index (χ2n) is 6.25. The predicted molar refractivity (Wildman–Crippen MR) is 102 cm³/mol. The quantitative estimate of drug-likeness (QED) is 0.787. The van der Waals surface area contributed by atoms with E-state index in [0.717, 1.165) is 12.0 Å². The van der Waals surface area contributed by atoms with Crippen molar-refractivity contribution in [2.75, 3.05) is 13.1 Å². The van der Waals surface area contributed by atoms with E-state index in [2.05, 4.69) is 5.32 Å². The zero-order valence-electron chi connectivity index (χ0n) is 14.3. The zero-order valence-corrected chi connectivity index (χ0v) is 15.8. The number of amides is 1. The van der Waals surface area contributed by atoms with Gasteiger partial charge >= 0.3 is 0 Å². The van der Waals surface area contributed by atoms with Crippen LogP contribution in [-0.4, -0.2) is 37.8 Å². The summed E-state index contributed by atoms with van der Waals surface area (Å²) in [6.45, 7) is 0.784. The summed E-state index contributed by atoms with van der Waals surface area (Å²) in [6, 6.07) is 15.3. The third-order valence-corrected chi connectivity index (χ3v) is 6.65. The van der Waals surface area contributed by atoms with Crippen LogP contribution < -0.4 is 5.32 Å². The van der Waals surface area contributed by atoms with Crippen LogP contribution in [0.5, 0.6) is 0 Å². The number of hydrogen-bond donors (Lipinski definition) is 1. The fourth-order valence-electron chi connectivity index (χ4n) is 3.12. The molecule has 2 aromatic rings. The van der Waals surface area contributed by atoms with Gasteiger partial charge in [-0.15, -0.1) is 0 Å². The lowest BCUT2D eigenvalue weighted by atomic mass is 10.1. The first kappa shape index (κ1) is 18.9. The molecule has 26 heavy (non-hydrogen) atoms. The number of sulfonamides is 1. The van der Waals surface area contributed by atoms with Gasteiger partial charge in [0, 0.05) is 18.1 Å². The van der Waals surface area contributed by atoms with Crippen LogP contribution >= 0.6 is 11.6 Å². The minimum Gasteiger partial charge on any atom is -0.355 e. The third kappa shape index (κ3) is 4.26. The molecular weight excluding hydrogens is 372 g/mol. The van der Waals surface area contributed by atoms with Crippen LogP contribution in [0.4, 0.5) is 0 Å². The molecule has 3 rings (SSSR count). The topological polar surface area (TPSA) is 66.5 Å². The largest absolute Gasteiger partial charge is 0.355 e. The van der Waals surface area contributed by atoms with E-state index >= 15 is 0 Å². The number of nitrogens with one attached hydrogen (secondary N) is 1. The van der Waals surface area contributed by atoms with Crippen molar-refractivity contribution < 1.29 is 13.2 Å². The Morgan fingerprint density at radius 1 is 1.08 bits per heavy atom. The van der Waals surface area contributed by atoms with Crippen LogP contribution in [0, 0.1) is 0 Å². The molecule has 1 N–H and O–H groups in total. The maximum absolute atomic E-state index is 13.1. The van der Waals surface area contributed by atoms with Gasteiger partial charge in [-0.1, -0.05) is 41.9 Å². The molecule has 2 aromatic carbocycles. The Kier molecular flexibility index (Phi) is 5.96. The molecule has 1 saturated heterocycles. The highest BCUT2D eigenvalue weighted by Gasteiger charge is 2.37. The van der Waals surface area contributed by atoms with Crippen molar-refractivity contribution in [2.45, 2.75) is 30.2 Å². The minimum atomic E-state index is -3.77. The van der Waals surface area contributed by atoms with E-state index in [1.54, 1.807) is 12.1 Å². The Hall–Kier alpha value is -1.89. The molecule has 0 bridgehead atoms. The number of nitrogens with zero attached hydrogens (tertiary/aromatic N) is 1. The maximum atomic E-state index is 13.1. The molecule has 0 unspecified atom stereocenters. The fourth-order valence-corrected chi connectivity index (χ4v) is 4.91. The van der Waals surface area contributed by atoms with E-state index in [1.165, 1.54) is 16.4 Å². The molecule has 1 atom stereocenters. The van der Waals surface area contributed by atoms with Crippen LogP contribution in [0.3, 0.4) is 0 Å². The fraction of sp³-hybridized carbons (Fsp3) is 0.316. The number of carbonyl (C=O) groups is 1. The van der Waals surface area contributed by atoms with Gasteiger partial charge in [0.1, 0.15) is 6.04 Å². The van der Waals surface area contributed by atoms with Crippen LogP contribution in [-0.2, 0) is 21.2 Å². The molecule has 0 saturated carbocycles. The summed E-state index contributed by atoms with van der Waals surface area (Å²) in [5.74, 6) is -0.234. The molecule has 0 aliphatic carbocycles. The van der Waals surface area contributed by atoms with Crippen molar-refractivity contribution >= 4 is 27.5 Å². The predicted octanol–water partition coefficient (Wildman–Crippen LogP) is 2.85. The highest BCUT2D eigenvalue weighted by atomic mass is 35.5. The minimum absolute atomic E-state index is 0.154. The van der Waals surface area contributed by atoms with Gasteiger partial charge in [0.2, 0.25) is 15.9 Å². The summed E-state index contributed by atoms with van der Waals surface area (Å²) in [4.78, 5) is 12.3. The van der Waals surface area contributed by atoms with Crippen molar-refractivity contribution in [1.29, 1.82) is 0 Å². The third-order valence-electron chi connectivity index (χ3n) is 4.47. The molecule has 7 heteroatoms. The smallest absolute Gasteiger partial charge is 0.243 e. The lowest BCUT2D eigenvalue weighted by Crippen LogP contribution is -2.45. The molecule has 1 fully saturated rings. The first-order chi connectivity index (χ1) is 12.5. The summed E-state index contributed by atoms with van der Waals surface area (Å²) >= 11 is 5.87. The van der Waals surface area contributed by atoms with Crippen LogP contribution in [0.2, 0.25) is 5.02 Å². The van der Waals surface area contributed by atoms with E-state index in [-0.39, 0.29) is 17.3 Å². The number of rotatable bonds is 7. The molecule has 0 aromatic heterocycles. The Morgan fingerprint density at radius 2 is 1.77 bits per heavy atom. The van der Waals surface area contributed by atoms with Gasteiger partial charge in [-0.25, -0.2) is 8.42 Å². The van der Waals surface area contributed by atoms with Crippen molar-refractivity contribution in [2.24, 2.45) is 0 Å². The van der Waals surface area contributed by atoms with E-state index < -0.39 is 16.1 Å². The van der Waals surface area contributed by atoms with Gasteiger partial charge in [0.05, 0.1) is 4.90 Å². The SMILES string of the molecule is O=C1NCC[C@H]1N(CCCc1ccccc1)S(=O)(=O)c1ccc(Cl)cc1. The van der Waals surface area contributed by atoms with Crippen molar-refractivity contribution in [1.82, 2.24) is 9.62 Å². The summed E-state index contributed by atoms with van der Waals surface area (Å²) in [5.41, 5.74) is 1.15. The van der Waals surface area contributed by atoms with E-state index in [4.69, 9.17) is 11.6 Å². The number of hydrogen-bond acceptors (Lipinski definition) is 3. The molecule has 138 valence electrons. The molecular formula is C19H21ClN2O3S. The molecule has 1 aliphatic heterocycles. The molecule has 0 spiro atoms. The summed E-state index contributed by atoms with van der Waals surface area (Å²) < 4.78 is 27.6. The van der Waals surface area contributed by atoms with Gasteiger partial charge in [-0.3, -0.25) is 4.79 Å². The van der Waals surface area contributed by atoms with Crippen molar-refractivity contribution in [3.8, 4) is 0 Å². The average molecular weight is 393 g/mol. The van der Waals surface area contributed by atoms with Crippen LogP contribution in [0.1, 0.15) is 18.4 Å². The summed E-state index contributed by atoms with van der Waals surface area (Å²) in [6.07, 6.45) is 1.87. The van der Waals surface area contributed by atoms with E-state index in [9.17, 15) is 13.2 Å². The first-order valence-corrected chi connectivity index (χ1v) is 10.4. The molecule has 1 heterocycles. The number of carbonyl (C=O) groups excluding carboxylic acids is 1.